The fourth-order valence-electron chi connectivity index (χ4n) is 3.12. The van der Waals surface area contributed by atoms with Crippen molar-refractivity contribution in [2.24, 2.45) is 0 Å². The molecule has 0 radical (unpaired) electrons. The molecule has 25 heavy (non-hydrogen) atoms. The lowest BCUT2D eigenvalue weighted by Crippen LogP contribution is -2.42. The molecular formula is C20H23FN2O2. The van der Waals surface area contributed by atoms with Gasteiger partial charge in [0.25, 0.3) is 5.91 Å². The molecule has 4 nitrogen and oxygen atoms in total. The normalized spacial score (nSPS) is 16.6. The van der Waals surface area contributed by atoms with Crippen molar-refractivity contribution in [1.29, 1.82) is 0 Å². The zero-order valence-electron chi connectivity index (χ0n) is 14.4. The van der Waals surface area contributed by atoms with Gasteiger partial charge in [0.1, 0.15) is 17.3 Å². The van der Waals surface area contributed by atoms with E-state index in [0.717, 1.165) is 25.9 Å². The molecule has 1 aliphatic heterocycles. The Bertz CT molecular complexity index is 715. The number of nitrogens with one attached hydrogen (secondary N) is 1. The summed E-state index contributed by atoms with van der Waals surface area (Å²) in [4.78, 5) is 15.0. The van der Waals surface area contributed by atoms with E-state index in [2.05, 4.69) is 5.32 Å². The molecule has 132 valence electrons. The maximum absolute atomic E-state index is 13.8. The van der Waals surface area contributed by atoms with Crippen LogP contribution in [0.3, 0.4) is 0 Å². The minimum absolute atomic E-state index is 0.139. The van der Waals surface area contributed by atoms with E-state index in [4.69, 9.17) is 4.74 Å². The van der Waals surface area contributed by atoms with E-state index in [1.165, 1.54) is 18.2 Å². The molecule has 1 amide bonds. The van der Waals surface area contributed by atoms with E-state index in [0.29, 0.717) is 18.0 Å². The van der Waals surface area contributed by atoms with Crippen LogP contribution in [0.5, 0.6) is 11.5 Å². The van der Waals surface area contributed by atoms with Crippen LogP contribution in [0.25, 0.3) is 0 Å². The first-order chi connectivity index (χ1) is 12.2. The van der Waals surface area contributed by atoms with E-state index >= 15 is 0 Å². The highest BCUT2D eigenvalue weighted by Crippen LogP contribution is 2.28. The fraction of sp³-hybridized carbons (Fsp3) is 0.350. The highest BCUT2D eigenvalue weighted by atomic mass is 19.1. The fourth-order valence-corrected chi connectivity index (χ4v) is 3.12. The molecule has 1 heterocycles. The Hall–Kier alpha value is -2.40. The molecule has 3 rings (SSSR count). The van der Waals surface area contributed by atoms with E-state index in [9.17, 15) is 9.18 Å². The molecule has 0 aromatic heterocycles. The van der Waals surface area contributed by atoms with Crippen LogP contribution in [-0.4, -0.2) is 36.5 Å². The lowest BCUT2D eigenvalue weighted by molar-refractivity contribution is 0.0689. The average molecular weight is 342 g/mol. The number of hydrogen-bond acceptors (Lipinski definition) is 3. The van der Waals surface area contributed by atoms with Crippen molar-refractivity contribution in [1.82, 2.24) is 10.2 Å². The molecule has 2 aromatic rings. The molecule has 0 saturated carbocycles. The molecule has 2 aromatic carbocycles. The molecule has 0 spiro atoms. The Kier molecular flexibility index (Phi) is 5.66. The van der Waals surface area contributed by atoms with Gasteiger partial charge in [-0.25, -0.2) is 4.39 Å². The molecule has 1 aliphatic rings. The Morgan fingerprint density at radius 1 is 1.28 bits per heavy atom. The molecule has 0 bridgehead atoms. The summed E-state index contributed by atoms with van der Waals surface area (Å²) in [5.41, 5.74) is 0.268. The van der Waals surface area contributed by atoms with E-state index < -0.39 is 5.82 Å². The van der Waals surface area contributed by atoms with Crippen molar-refractivity contribution in [3.63, 3.8) is 0 Å². The monoisotopic (exact) mass is 342 g/mol. The summed E-state index contributed by atoms with van der Waals surface area (Å²) in [5.74, 6) is 0.378. The summed E-state index contributed by atoms with van der Waals surface area (Å²) in [7, 11) is 0. The van der Waals surface area contributed by atoms with Gasteiger partial charge >= 0.3 is 0 Å². The maximum atomic E-state index is 13.8. The van der Waals surface area contributed by atoms with Gasteiger partial charge in [-0.2, -0.15) is 0 Å². The Balaban J connectivity index is 1.90. The first-order valence-corrected chi connectivity index (χ1v) is 8.73. The first-order valence-electron chi connectivity index (χ1n) is 8.73. The average Bonchev–Trinajstić information content (AvgIpc) is 3.16. The zero-order chi connectivity index (χ0) is 17.6. The Morgan fingerprint density at radius 3 is 2.76 bits per heavy atom. The van der Waals surface area contributed by atoms with Crippen molar-refractivity contribution in [3.05, 3.63) is 59.9 Å². The van der Waals surface area contributed by atoms with Gasteiger partial charge in [-0.3, -0.25) is 4.79 Å². The second-order valence-electron chi connectivity index (χ2n) is 6.20. The van der Waals surface area contributed by atoms with Crippen LogP contribution in [0.2, 0.25) is 0 Å². The van der Waals surface area contributed by atoms with E-state index in [1.807, 2.05) is 42.2 Å². The molecule has 1 saturated heterocycles. The third-order valence-electron chi connectivity index (χ3n) is 4.34. The van der Waals surface area contributed by atoms with E-state index in [-0.39, 0.29) is 17.5 Å². The maximum Gasteiger partial charge on any atom is 0.258 e. The summed E-state index contributed by atoms with van der Waals surface area (Å²) in [5, 5.41) is 3.28. The number of nitrogens with zero attached hydrogens (tertiary/aromatic N) is 1. The largest absolute Gasteiger partial charge is 0.457 e. The summed E-state index contributed by atoms with van der Waals surface area (Å²) < 4.78 is 19.7. The lowest BCUT2D eigenvalue weighted by atomic mass is 10.1. The van der Waals surface area contributed by atoms with Crippen LogP contribution in [0.1, 0.15) is 30.1 Å². The number of amides is 1. The highest BCUT2D eigenvalue weighted by Gasteiger charge is 2.28. The first kappa shape index (κ1) is 17.4. The Morgan fingerprint density at radius 2 is 2.08 bits per heavy atom. The summed E-state index contributed by atoms with van der Waals surface area (Å²) in [6.45, 7) is 4.35. The minimum Gasteiger partial charge on any atom is -0.457 e. The van der Waals surface area contributed by atoms with Crippen molar-refractivity contribution in [3.8, 4) is 11.5 Å². The van der Waals surface area contributed by atoms with Crippen molar-refractivity contribution < 1.29 is 13.9 Å². The smallest absolute Gasteiger partial charge is 0.258 e. The summed E-state index contributed by atoms with van der Waals surface area (Å²) in [6, 6.07) is 13.5. The number of carbonyl (C=O) groups is 1. The molecule has 5 heteroatoms. The topological polar surface area (TPSA) is 41.6 Å². The van der Waals surface area contributed by atoms with Crippen LogP contribution in [-0.2, 0) is 0 Å². The van der Waals surface area contributed by atoms with Gasteiger partial charge < -0.3 is 15.0 Å². The lowest BCUT2D eigenvalue weighted by Gasteiger charge is -2.29. The third-order valence-corrected chi connectivity index (χ3v) is 4.34. The van der Waals surface area contributed by atoms with Crippen LogP contribution in [0, 0.1) is 5.82 Å². The van der Waals surface area contributed by atoms with Gasteiger partial charge in [0.05, 0.1) is 5.56 Å². The number of ether oxygens (including phenoxy) is 1. The van der Waals surface area contributed by atoms with Crippen LogP contribution < -0.4 is 10.1 Å². The number of benzene rings is 2. The second kappa shape index (κ2) is 8.12. The standard InChI is InChI=1S/C20H23FN2O2/c1-2-12-23(16-10-11-22-14-16)20(24)18-13-15(21)8-9-19(18)25-17-6-4-3-5-7-17/h3-9,13,16,22H,2,10-12,14H2,1H3/t16-/m0/s1. The number of hydrogen-bond donors (Lipinski definition) is 1. The van der Waals surface area contributed by atoms with Gasteiger partial charge in [-0.05, 0) is 49.7 Å². The number of halogens is 1. The highest BCUT2D eigenvalue weighted by molar-refractivity contribution is 5.97. The SMILES string of the molecule is CCCN(C(=O)c1cc(F)ccc1Oc1ccccc1)[C@H]1CCNC1. The molecular weight excluding hydrogens is 319 g/mol. The minimum atomic E-state index is -0.440. The zero-order valence-corrected chi connectivity index (χ0v) is 14.4. The Labute approximate surface area is 147 Å². The number of rotatable bonds is 6. The van der Waals surface area contributed by atoms with Gasteiger partial charge in [-0.1, -0.05) is 25.1 Å². The number of carbonyl (C=O) groups excluding carboxylic acids is 1. The van der Waals surface area contributed by atoms with Crippen LogP contribution in [0.15, 0.2) is 48.5 Å². The van der Waals surface area contributed by atoms with Gasteiger partial charge in [0.15, 0.2) is 0 Å². The van der Waals surface area contributed by atoms with E-state index in [1.54, 1.807) is 0 Å². The molecule has 1 atom stereocenters. The van der Waals surface area contributed by atoms with Crippen LogP contribution >= 0.6 is 0 Å². The molecule has 0 unspecified atom stereocenters. The van der Waals surface area contributed by atoms with Gasteiger partial charge in [0, 0.05) is 19.1 Å². The predicted octanol–water partition coefficient (Wildman–Crippen LogP) is 3.83. The van der Waals surface area contributed by atoms with Gasteiger partial charge in [0.2, 0.25) is 0 Å². The summed E-state index contributed by atoms with van der Waals surface area (Å²) >= 11 is 0. The van der Waals surface area contributed by atoms with Gasteiger partial charge in [-0.15, -0.1) is 0 Å². The predicted molar refractivity (Wildman–Crippen MR) is 95.5 cm³/mol. The third kappa shape index (κ3) is 4.17. The summed E-state index contributed by atoms with van der Waals surface area (Å²) in [6.07, 6.45) is 1.77. The number of para-hydroxylation sites is 1. The second-order valence-corrected chi connectivity index (χ2v) is 6.20. The van der Waals surface area contributed by atoms with Crippen molar-refractivity contribution in [2.75, 3.05) is 19.6 Å². The van der Waals surface area contributed by atoms with Crippen molar-refractivity contribution >= 4 is 5.91 Å². The van der Waals surface area contributed by atoms with Crippen LogP contribution in [0.4, 0.5) is 4.39 Å². The molecule has 0 aliphatic carbocycles. The molecule has 1 fully saturated rings. The van der Waals surface area contributed by atoms with Crippen molar-refractivity contribution in [2.45, 2.75) is 25.8 Å². The molecule has 1 N–H and O–H groups in total. The quantitative estimate of drug-likeness (QED) is 0.867.